The van der Waals surface area contributed by atoms with Gasteiger partial charge in [0.15, 0.2) is 0 Å². The molecule has 0 spiro atoms. The van der Waals surface area contributed by atoms with Crippen LogP contribution in [0.1, 0.15) is 65.7 Å². The van der Waals surface area contributed by atoms with Gasteiger partial charge in [-0.2, -0.15) is 0 Å². The lowest BCUT2D eigenvalue weighted by Gasteiger charge is -2.14. The van der Waals surface area contributed by atoms with Crippen LogP contribution < -0.4 is 5.32 Å². The molecule has 1 nitrogen and oxygen atoms in total. The van der Waals surface area contributed by atoms with E-state index in [-0.39, 0.29) is 0 Å². The van der Waals surface area contributed by atoms with Gasteiger partial charge < -0.3 is 5.32 Å². The van der Waals surface area contributed by atoms with E-state index in [1.807, 2.05) is 6.08 Å². The zero-order valence-corrected chi connectivity index (χ0v) is 11.6. The SMILES string of the molecule is C=CCCCCCNC(C)CCCC(C)C. The minimum absolute atomic E-state index is 0.693. The van der Waals surface area contributed by atoms with Crippen LogP contribution in [0.2, 0.25) is 0 Å². The molecule has 0 saturated heterocycles. The van der Waals surface area contributed by atoms with Gasteiger partial charge in [0.05, 0.1) is 0 Å². The number of rotatable bonds is 11. The lowest BCUT2D eigenvalue weighted by molar-refractivity contribution is 0.451. The molecule has 96 valence electrons. The van der Waals surface area contributed by atoms with Crippen LogP contribution in [-0.2, 0) is 0 Å². The molecule has 0 fully saturated rings. The summed E-state index contributed by atoms with van der Waals surface area (Å²) in [6.45, 7) is 11.8. The van der Waals surface area contributed by atoms with Crippen molar-refractivity contribution < 1.29 is 0 Å². The molecular weight excluding hydrogens is 194 g/mol. The summed E-state index contributed by atoms with van der Waals surface area (Å²) in [5.41, 5.74) is 0. The lowest BCUT2D eigenvalue weighted by atomic mass is 10.0. The Bertz CT molecular complexity index is 152. The normalized spacial score (nSPS) is 13.0. The zero-order valence-electron chi connectivity index (χ0n) is 11.6. The maximum absolute atomic E-state index is 3.74. The summed E-state index contributed by atoms with van der Waals surface area (Å²) >= 11 is 0. The third-order valence-corrected chi connectivity index (χ3v) is 3.00. The minimum atomic E-state index is 0.693. The topological polar surface area (TPSA) is 12.0 Å². The Morgan fingerprint density at radius 1 is 1.00 bits per heavy atom. The lowest BCUT2D eigenvalue weighted by Crippen LogP contribution is -2.26. The summed E-state index contributed by atoms with van der Waals surface area (Å²) in [6, 6.07) is 0.693. The first-order valence-corrected chi connectivity index (χ1v) is 7.01. The van der Waals surface area contributed by atoms with Crippen molar-refractivity contribution in [3.63, 3.8) is 0 Å². The molecule has 1 heteroatoms. The summed E-state index contributed by atoms with van der Waals surface area (Å²) in [5.74, 6) is 0.853. The summed E-state index contributed by atoms with van der Waals surface area (Å²) in [5, 5.41) is 3.61. The van der Waals surface area contributed by atoms with Crippen molar-refractivity contribution in [3.8, 4) is 0 Å². The summed E-state index contributed by atoms with van der Waals surface area (Å²) < 4.78 is 0. The molecule has 0 aromatic rings. The highest BCUT2D eigenvalue weighted by atomic mass is 14.9. The van der Waals surface area contributed by atoms with Gasteiger partial charge >= 0.3 is 0 Å². The fourth-order valence-electron chi connectivity index (χ4n) is 1.87. The number of allylic oxidation sites excluding steroid dienone is 1. The van der Waals surface area contributed by atoms with Crippen molar-refractivity contribution in [2.45, 2.75) is 71.8 Å². The fourth-order valence-corrected chi connectivity index (χ4v) is 1.87. The molecule has 0 aliphatic carbocycles. The minimum Gasteiger partial charge on any atom is -0.314 e. The highest BCUT2D eigenvalue weighted by Crippen LogP contribution is 2.08. The smallest absolute Gasteiger partial charge is 0.00387 e. The Labute approximate surface area is 103 Å². The van der Waals surface area contributed by atoms with Gasteiger partial charge in [-0.15, -0.1) is 6.58 Å². The quantitative estimate of drug-likeness (QED) is 0.402. The van der Waals surface area contributed by atoms with Crippen LogP contribution in [0.25, 0.3) is 0 Å². The second kappa shape index (κ2) is 11.2. The molecule has 0 rings (SSSR count). The van der Waals surface area contributed by atoms with Crippen molar-refractivity contribution in [3.05, 3.63) is 12.7 Å². The van der Waals surface area contributed by atoms with Gasteiger partial charge in [0.1, 0.15) is 0 Å². The van der Waals surface area contributed by atoms with E-state index in [0.717, 1.165) is 5.92 Å². The molecule has 0 bridgehead atoms. The number of nitrogens with one attached hydrogen (secondary N) is 1. The van der Waals surface area contributed by atoms with Gasteiger partial charge in [-0.05, 0) is 45.1 Å². The Morgan fingerprint density at radius 2 is 1.75 bits per heavy atom. The predicted octanol–water partition coefficient (Wildman–Crippen LogP) is 4.54. The first-order chi connectivity index (χ1) is 7.66. The van der Waals surface area contributed by atoms with Crippen LogP contribution in [0, 0.1) is 5.92 Å². The number of hydrogen-bond acceptors (Lipinski definition) is 1. The highest BCUT2D eigenvalue weighted by molar-refractivity contribution is 4.66. The Balaban J connectivity index is 3.17. The second-order valence-corrected chi connectivity index (χ2v) is 5.32. The van der Waals surface area contributed by atoms with Gasteiger partial charge in [0, 0.05) is 6.04 Å². The van der Waals surface area contributed by atoms with Gasteiger partial charge in [-0.1, -0.05) is 39.2 Å². The van der Waals surface area contributed by atoms with Crippen LogP contribution in [0.4, 0.5) is 0 Å². The summed E-state index contributed by atoms with van der Waals surface area (Å²) in [6.07, 6.45) is 11.2. The van der Waals surface area contributed by atoms with Crippen LogP contribution in [0.3, 0.4) is 0 Å². The predicted molar refractivity (Wildman–Crippen MR) is 74.8 cm³/mol. The molecule has 1 atom stereocenters. The van der Waals surface area contributed by atoms with E-state index in [2.05, 4.69) is 32.7 Å². The van der Waals surface area contributed by atoms with Crippen LogP contribution in [-0.4, -0.2) is 12.6 Å². The number of hydrogen-bond donors (Lipinski definition) is 1. The summed E-state index contributed by atoms with van der Waals surface area (Å²) in [7, 11) is 0. The third-order valence-electron chi connectivity index (χ3n) is 3.00. The van der Waals surface area contributed by atoms with Crippen molar-refractivity contribution in [2.24, 2.45) is 5.92 Å². The van der Waals surface area contributed by atoms with Crippen LogP contribution in [0.15, 0.2) is 12.7 Å². The molecule has 16 heavy (non-hydrogen) atoms. The fraction of sp³-hybridized carbons (Fsp3) is 0.867. The van der Waals surface area contributed by atoms with E-state index >= 15 is 0 Å². The van der Waals surface area contributed by atoms with Gasteiger partial charge in [-0.25, -0.2) is 0 Å². The maximum Gasteiger partial charge on any atom is 0.00387 e. The zero-order chi connectivity index (χ0) is 12.2. The Hall–Kier alpha value is -0.300. The molecule has 0 aliphatic rings. The molecule has 0 aromatic heterocycles. The maximum atomic E-state index is 3.74. The van der Waals surface area contributed by atoms with Gasteiger partial charge in [0.2, 0.25) is 0 Å². The number of unbranched alkanes of at least 4 members (excludes halogenated alkanes) is 3. The Morgan fingerprint density at radius 3 is 2.38 bits per heavy atom. The van der Waals surface area contributed by atoms with E-state index in [9.17, 15) is 0 Å². The summed E-state index contributed by atoms with van der Waals surface area (Å²) in [4.78, 5) is 0. The van der Waals surface area contributed by atoms with Crippen molar-refractivity contribution in [1.82, 2.24) is 5.32 Å². The molecule has 0 radical (unpaired) electrons. The average Bonchev–Trinajstić information content (AvgIpc) is 2.22. The second-order valence-electron chi connectivity index (χ2n) is 5.32. The van der Waals surface area contributed by atoms with Gasteiger partial charge in [0.25, 0.3) is 0 Å². The Kier molecular flexibility index (Phi) is 11.0. The monoisotopic (exact) mass is 225 g/mol. The van der Waals surface area contributed by atoms with Crippen LogP contribution >= 0.6 is 0 Å². The van der Waals surface area contributed by atoms with Crippen molar-refractivity contribution >= 4 is 0 Å². The highest BCUT2D eigenvalue weighted by Gasteiger charge is 2.01. The van der Waals surface area contributed by atoms with E-state index in [4.69, 9.17) is 0 Å². The third kappa shape index (κ3) is 11.8. The molecule has 0 saturated carbocycles. The molecule has 1 N–H and O–H groups in total. The molecule has 1 unspecified atom stereocenters. The van der Waals surface area contributed by atoms with E-state index in [0.29, 0.717) is 6.04 Å². The first-order valence-electron chi connectivity index (χ1n) is 7.01. The van der Waals surface area contributed by atoms with Crippen molar-refractivity contribution in [2.75, 3.05) is 6.54 Å². The first kappa shape index (κ1) is 15.7. The van der Waals surface area contributed by atoms with E-state index in [1.165, 1.54) is 51.5 Å². The van der Waals surface area contributed by atoms with Crippen LogP contribution in [0.5, 0.6) is 0 Å². The van der Waals surface area contributed by atoms with E-state index < -0.39 is 0 Å². The molecule has 0 heterocycles. The molecular formula is C15H31N. The molecule has 0 aliphatic heterocycles. The molecule has 0 aromatic carbocycles. The standard InChI is InChI=1S/C15H31N/c1-5-6-7-8-9-13-16-15(4)12-10-11-14(2)3/h5,14-16H,1,6-13H2,2-4H3. The molecule has 0 amide bonds. The van der Waals surface area contributed by atoms with E-state index in [1.54, 1.807) is 0 Å². The largest absolute Gasteiger partial charge is 0.314 e. The van der Waals surface area contributed by atoms with Crippen molar-refractivity contribution in [1.29, 1.82) is 0 Å². The average molecular weight is 225 g/mol. The van der Waals surface area contributed by atoms with Gasteiger partial charge in [-0.3, -0.25) is 0 Å².